The molecular formula is C24H26Cl3FN4O4S. The Hall–Kier alpha value is -2.11. The van der Waals surface area contributed by atoms with Crippen LogP contribution in [-0.2, 0) is 10.0 Å². The molecular weight excluding hydrogens is 566 g/mol. The van der Waals surface area contributed by atoms with Crippen LogP contribution in [0, 0.1) is 5.82 Å². The zero-order chi connectivity index (χ0) is 27.1. The van der Waals surface area contributed by atoms with E-state index < -0.39 is 27.8 Å². The Morgan fingerprint density at radius 2 is 1.62 bits per heavy atom. The predicted molar refractivity (Wildman–Crippen MR) is 141 cm³/mol. The molecule has 2 fully saturated rings. The summed E-state index contributed by atoms with van der Waals surface area (Å²) in [7, 11) is -1.77. The Kier molecular flexibility index (Phi) is 8.25. The van der Waals surface area contributed by atoms with Gasteiger partial charge < -0.3 is 14.7 Å². The van der Waals surface area contributed by atoms with Crippen LogP contribution in [0.1, 0.15) is 21.8 Å². The number of benzene rings is 2. The molecule has 2 aromatic carbocycles. The van der Waals surface area contributed by atoms with Crippen LogP contribution in [-0.4, -0.2) is 98.0 Å². The summed E-state index contributed by atoms with van der Waals surface area (Å²) in [6, 6.07) is 8.65. The number of sulfonamides is 1. The van der Waals surface area contributed by atoms with Crippen molar-refractivity contribution in [3.8, 4) is 0 Å². The summed E-state index contributed by atoms with van der Waals surface area (Å²) in [6.07, 6.45) is 1.15. The molecule has 2 atom stereocenters. The number of likely N-dealkylation sites (N-methyl/N-ethyl adjacent to an activating group) is 1. The van der Waals surface area contributed by atoms with Crippen molar-refractivity contribution >= 4 is 56.8 Å². The number of carbonyl (C=O) groups excluding carboxylic acids is 2. The average Bonchev–Trinajstić information content (AvgIpc) is 3.31. The minimum absolute atomic E-state index is 0.156. The second kappa shape index (κ2) is 10.9. The van der Waals surface area contributed by atoms with Crippen LogP contribution in [0.2, 0.25) is 15.1 Å². The van der Waals surface area contributed by atoms with Gasteiger partial charge in [-0.05, 0) is 29.8 Å². The van der Waals surface area contributed by atoms with Crippen molar-refractivity contribution < 1.29 is 22.4 Å². The van der Waals surface area contributed by atoms with Gasteiger partial charge in [0.25, 0.3) is 5.91 Å². The van der Waals surface area contributed by atoms with Crippen LogP contribution in [0.5, 0.6) is 0 Å². The molecule has 8 nitrogen and oxygen atoms in total. The maximum absolute atomic E-state index is 14.7. The average molecular weight is 592 g/mol. The third kappa shape index (κ3) is 5.83. The molecule has 2 aromatic rings. The van der Waals surface area contributed by atoms with Gasteiger partial charge >= 0.3 is 6.03 Å². The van der Waals surface area contributed by atoms with Crippen molar-refractivity contribution in [1.82, 2.24) is 19.0 Å². The van der Waals surface area contributed by atoms with E-state index in [1.807, 2.05) is 0 Å². The van der Waals surface area contributed by atoms with Crippen LogP contribution in [0.25, 0.3) is 0 Å². The molecule has 2 saturated heterocycles. The number of hydrogen-bond acceptors (Lipinski definition) is 4. The summed E-state index contributed by atoms with van der Waals surface area (Å²) in [4.78, 5) is 31.4. The Balaban J connectivity index is 1.59. The monoisotopic (exact) mass is 590 g/mol. The van der Waals surface area contributed by atoms with E-state index in [1.165, 1.54) is 27.4 Å². The van der Waals surface area contributed by atoms with Gasteiger partial charge in [0, 0.05) is 52.2 Å². The second-order valence-electron chi connectivity index (χ2n) is 9.20. The van der Waals surface area contributed by atoms with E-state index in [4.69, 9.17) is 34.8 Å². The zero-order valence-electron chi connectivity index (χ0n) is 20.2. The number of nitrogens with zero attached hydrogens (tertiary/aromatic N) is 4. The molecule has 4 rings (SSSR count). The van der Waals surface area contributed by atoms with Gasteiger partial charge in [-0.2, -0.15) is 4.31 Å². The van der Waals surface area contributed by atoms with Gasteiger partial charge in [-0.15, -0.1) is 0 Å². The second-order valence-corrected chi connectivity index (χ2v) is 12.4. The summed E-state index contributed by atoms with van der Waals surface area (Å²) >= 11 is 18.3. The molecule has 2 aliphatic heterocycles. The van der Waals surface area contributed by atoms with Gasteiger partial charge in [-0.3, -0.25) is 4.79 Å². The lowest BCUT2D eigenvalue weighted by Crippen LogP contribution is -2.53. The highest BCUT2D eigenvalue weighted by Gasteiger charge is 2.42. The Morgan fingerprint density at radius 1 is 0.946 bits per heavy atom. The molecule has 3 amide bonds. The lowest BCUT2D eigenvalue weighted by Gasteiger charge is -2.35. The lowest BCUT2D eigenvalue weighted by molar-refractivity contribution is 0.0718. The first kappa shape index (κ1) is 27.9. The molecule has 37 heavy (non-hydrogen) atoms. The van der Waals surface area contributed by atoms with E-state index in [0.717, 1.165) is 11.8 Å². The first-order chi connectivity index (χ1) is 17.4. The third-order valence-electron chi connectivity index (χ3n) is 6.91. The molecule has 200 valence electrons. The van der Waals surface area contributed by atoms with Crippen LogP contribution in [0.4, 0.5) is 9.18 Å². The van der Waals surface area contributed by atoms with Gasteiger partial charge in [0.2, 0.25) is 10.0 Å². The number of halogens is 4. The maximum Gasteiger partial charge on any atom is 0.320 e. The summed E-state index contributed by atoms with van der Waals surface area (Å²) in [5.74, 6) is -1.69. The minimum atomic E-state index is -3.33. The quantitative estimate of drug-likeness (QED) is 0.538. The largest absolute Gasteiger partial charge is 0.336 e. The third-order valence-corrected chi connectivity index (χ3v) is 9.24. The lowest BCUT2D eigenvalue weighted by atomic mass is 9.93. The molecule has 0 aromatic heterocycles. The SMILES string of the molecule is CN(C(=O)c1cccc(Cl)c1F)[C@@H]1CN(C(=O)N2CCN(S(C)(=O)=O)CC2)CC1c1ccc(Cl)c(Cl)c1. The van der Waals surface area contributed by atoms with Gasteiger partial charge in [-0.1, -0.05) is 46.9 Å². The molecule has 0 N–H and O–H groups in total. The molecule has 1 unspecified atom stereocenters. The highest BCUT2D eigenvalue weighted by atomic mass is 35.5. The molecule has 2 heterocycles. The van der Waals surface area contributed by atoms with Crippen molar-refractivity contribution in [2.24, 2.45) is 0 Å². The Labute approximate surface area is 230 Å². The topological polar surface area (TPSA) is 81.2 Å². The number of piperazine rings is 1. The number of likely N-dealkylation sites (tertiary alicyclic amines) is 1. The molecule has 0 aliphatic carbocycles. The molecule has 0 radical (unpaired) electrons. The highest BCUT2D eigenvalue weighted by molar-refractivity contribution is 7.88. The van der Waals surface area contributed by atoms with E-state index in [9.17, 15) is 22.4 Å². The molecule has 0 bridgehead atoms. The van der Waals surface area contributed by atoms with E-state index in [0.29, 0.717) is 10.0 Å². The van der Waals surface area contributed by atoms with Crippen molar-refractivity contribution in [1.29, 1.82) is 0 Å². The molecule has 13 heteroatoms. The number of rotatable bonds is 4. The van der Waals surface area contributed by atoms with Crippen LogP contribution < -0.4 is 0 Å². The maximum atomic E-state index is 14.7. The van der Waals surface area contributed by atoms with E-state index >= 15 is 0 Å². The van der Waals surface area contributed by atoms with Crippen LogP contribution >= 0.6 is 34.8 Å². The number of hydrogen-bond donors (Lipinski definition) is 0. The zero-order valence-corrected chi connectivity index (χ0v) is 23.3. The van der Waals surface area contributed by atoms with E-state index in [-0.39, 0.29) is 61.8 Å². The summed E-state index contributed by atoms with van der Waals surface area (Å²) in [6.45, 7) is 1.42. The fourth-order valence-corrected chi connectivity index (χ4v) is 6.13. The standard InChI is InChI=1S/C24H26Cl3FN4O4S/c1-29(23(33)16-4-3-5-19(26)22(16)28)21-14-31(13-17(21)15-6-7-18(25)20(27)12-15)24(34)30-8-10-32(11-9-30)37(2,35)36/h3-7,12,17,21H,8-11,13-14H2,1-2H3/t17?,21-/m1/s1. The van der Waals surface area contributed by atoms with Crippen molar-refractivity contribution in [2.45, 2.75) is 12.0 Å². The van der Waals surface area contributed by atoms with Crippen LogP contribution in [0.3, 0.4) is 0 Å². The molecule has 0 saturated carbocycles. The van der Waals surface area contributed by atoms with Gasteiger partial charge in [0.05, 0.1) is 32.9 Å². The van der Waals surface area contributed by atoms with Gasteiger partial charge in [0.15, 0.2) is 5.82 Å². The normalized spacial score (nSPS) is 20.8. The Bertz CT molecular complexity index is 1320. The molecule has 0 spiro atoms. The predicted octanol–water partition coefficient (Wildman–Crippen LogP) is 4.02. The fraction of sp³-hybridized carbons (Fsp3) is 0.417. The minimum Gasteiger partial charge on any atom is -0.336 e. The van der Waals surface area contributed by atoms with Crippen molar-refractivity contribution in [2.75, 3.05) is 52.6 Å². The van der Waals surface area contributed by atoms with Gasteiger partial charge in [-0.25, -0.2) is 17.6 Å². The first-order valence-corrected chi connectivity index (χ1v) is 14.5. The summed E-state index contributed by atoms with van der Waals surface area (Å²) in [5, 5.41) is 0.563. The summed E-state index contributed by atoms with van der Waals surface area (Å²) < 4.78 is 39.7. The smallest absolute Gasteiger partial charge is 0.320 e. The van der Waals surface area contributed by atoms with E-state index in [1.54, 1.807) is 35.0 Å². The number of urea groups is 1. The van der Waals surface area contributed by atoms with Gasteiger partial charge in [0.1, 0.15) is 0 Å². The van der Waals surface area contributed by atoms with Crippen molar-refractivity contribution in [3.63, 3.8) is 0 Å². The number of carbonyl (C=O) groups is 2. The van der Waals surface area contributed by atoms with Crippen LogP contribution in [0.15, 0.2) is 36.4 Å². The molecule has 2 aliphatic rings. The fourth-order valence-electron chi connectivity index (χ4n) is 4.83. The highest BCUT2D eigenvalue weighted by Crippen LogP contribution is 2.35. The summed E-state index contributed by atoms with van der Waals surface area (Å²) in [5.41, 5.74) is 0.618. The first-order valence-electron chi connectivity index (χ1n) is 11.5. The number of amides is 3. The van der Waals surface area contributed by atoms with Crippen molar-refractivity contribution in [3.05, 3.63) is 68.4 Å². The Morgan fingerprint density at radius 3 is 2.24 bits per heavy atom. The van der Waals surface area contributed by atoms with E-state index in [2.05, 4.69) is 0 Å².